The summed E-state index contributed by atoms with van der Waals surface area (Å²) >= 11 is 0. The van der Waals surface area contributed by atoms with Crippen molar-refractivity contribution < 1.29 is 27.0 Å². The minimum Gasteiger partial charge on any atom is -0.493 e. The molecule has 0 saturated carbocycles. The van der Waals surface area contributed by atoms with E-state index in [0.717, 1.165) is 17.7 Å². The first-order chi connectivity index (χ1) is 12.3. The first-order valence-corrected chi connectivity index (χ1v) is 9.28. The summed E-state index contributed by atoms with van der Waals surface area (Å²) in [7, 11) is 2.35. The van der Waals surface area contributed by atoms with Crippen LogP contribution in [0.1, 0.15) is 5.56 Å². The molecule has 2 rings (SSSR count). The second-order valence-corrected chi connectivity index (χ2v) is 7.61. The summed E-state index contributed by atoms with van der Waals surface area (Å²) < 4.78 is 55.2. The van der Waals surface area contributed by atoms with Gasteiger partial charge in [0.25, 0.3) is 0 Å². The van der Waals surface area contributed by atoms with Crippen LogP contribution >= 0.6 is 0 Å². The Balaban J connectivity index is 2.18. The van der Waals surface area contributed by atoms with Crippen LogP contribution in [0.5, 0.6) is 17.2 Å². The van der Waals surface area contributed by atoms with E-state index in [4.69, 9.17) is 14.2 Å². The van der Waals surface area contributed by atoms with E-state index in [9.17, 15) is 12.8 Å². The van der Waals surface area contributed by atoms with E-state index in [1.165, 1.54) is 44.8 Å². The highest BCUT2D eigenvalue weighted by atomic mass is 32.2. The molecule has 0 aliphatic rings. The number of methoxy groups -OCH3 is 3. The molecular formula is C18H22FNO5S. The Morgan fingerprint density at radius 1 is 0.962 bits per heavy atom. The van der Waals surface area contributed by atoms with Gasteiger partial charge in [0, 0.05) is 13.6 Å². The molecule has 6 nitrogen and oxygen atoms in total. The summed E-state index contributed by atoms with van der Waals surface area (Å²) in [6.07, 6.45) is 0.438. The van der Waals surface area contributed by atoms with Crippen LogP contribution in [-0.4, -0.2) is 47.6 Å². The first kappa shape index (κ1) is 20.0. The van der Waals surface area contributed by atoms with Gasteiger partial charge in [-0.15, -0.1) is 0 Å². The van der Waals surface area contributed by atoms with Crippen molar-refractivity contribution in [3.63, 3.8) is 0 Å². The Kier molecular flexibility index (Phi) is 6.44. The van der Waals surface area contributed by atoms with Crippen molar-refractivity contribution in [2.45, 2.75) is 11.3 Å². The number of nitrogens with zero attached hydrogens (tertiary/aromatic N) is 1. The zero-order chi connectivity index (χ0) is 19.3. The Labute approximate surface area is 153 Å². The van der Waals surface area contributed by atoms with E-state index in [0.29, 0.717) is 23.7 Å². The van der Waals surface area contributed by atoms with Gasteiger partial charge in [-0.25, -0.2) is 17.1 Å². The number of hydrogen-bond acceptors (Lipinski definition) is 5. The molecule has 26 heavy (non-hydrogen) atoms. The zero-order valence-corrected chi connectivity index (χ0v) is 16.0. The highest BCUT2D eigenvalue weighted by Gasteiger charge is 2.21. The van der Waals surface area contributed by atoms with Crippen LogP contribution in [-0.2, 0) is 16.4 Å². The van der Waals surface area contributed by atoms with Crippen molar-refractivity contribution in [1.29, 1.82) is 0 Å². The molecule has 0 heterocycles. The molecule has 142 valence electrons. The number of rotatable bonds is 8. The van der Waals surface area contributed by atoms with Gasteiger partial charge in [-0.1, -0.05) is 0 Å². The van der Waals surface area contributed by atoms with E-state index in [1.807, 2.05) is 0 Å². The fourth-order valence-electron chi connectivity index (χ4n) is 2.47. The molecular weight excluding hydrogens is 361 g/mol. The highest BCUT2D eigenvalue weighted by molar-refractivity contribution is 7.89. The molecule has 0 aromatic heterocycles. The van der Waals surface area contributed by atoms with Gasteiger partial charge < -0.3 is 14.2 Å². The standard InChI is InChI=1S/C18H22FNO5S/c1-20(26(21,22)15-7-5-14(19)6-8-15)10-9-13-11-16(23-2)18(25-4)17(12-13)24-3/h5-8,11-12H,9-10H2,1-4H3. The molecule has 0 radical (unpaired) electrons. The smallest absolute Gasteiger partial charge is 0.242 e. The molecule has 0 aliphatic carbocycles. The van der Waals surface area contributed by atoms with Gasteiger partial charge in [0.1, 0.15) is 5.82 Å². The van der Waals surface area contributed by atoms with E-state index in [2.05, 4.69) is 0 Å². The van der Waals surface area contributed by atoms with E-state index >= 15 is 0 Å². The quantitative estimate of drug-likeness (QED) is 0.701. The summed E-state index contributed by atoms with van der Waals surface area (Å²) in [5.41, 5.74) is 0.834. The molecule has 0 fully saturated rings. The molecule has 0 unspecified atom stereocenters. The highest BCUT2D eigenvalue weighted by Crippen LogP contribution is 2.38. The Morgan fingerprint density at radius 2 is 1.50 bits per heavy atom. The van der Waals surface area contributed by atoms with Gasteiger partial charge in [0.15, 0.2) is 11.5 Å². The van der Waals surface area contributed by atoms with Crippen molar-refractivity contribution in [3.05, 3.63) is 47.8 Å². The SMILES string of the molecule is COc1cc(CCN(C)S(=O)(=O)c2ccc(F)cc2)cc(OC)c1OC. The van der Waals surface area contributed by atoms with Crippen molar-refractivity contribution in [2.24, 2.45) is 0 Å². The van der Waals surface area contributed by atoms with Crippen LogP contribution in [0, 0.1) is 5.82 Å². The molecule has 0 aliphatic heterocycles. The Morgan fingerprint density at radius 3 is 1.96 bits per heavy atom. The fraction of sp³-hybridized carbons (Fsp3) is 0.333. The van der Waals surface area contributed by atoms with Crippen LogP contribution < -0.4 is 14.2 Å². The van der Waals surface area contributed by atoms with Crippen molar-refractivity contribution in [3.8, 4) is 17.2 Å². The second kappa shape index (κ2) is 8.37. The largest absolute Gasteiger partial charge is 0.493 e. The van der Waals surface area contributed by atoms with E-state index < -0.39 is 15.8 Å². The van der Waals surface area contributed by atoms with Crippen LogP contribution in [0.15, 0.2) is 41.3 Å². The summed E-state index contributed by atoms with van der Waals surface area (Å²) in [6.45, 7) is 0.234. The average Bonchev–Trinajstić information content (AvgIpc) is 2.65. The second-order valence-electron chi connectivity index (χ2n) is 5.56. The molecule has 0 saturated heterocycles. The first-order valence-electron chi connectivity index (χ1n) is 7.84. The van der Waals surface area contributed by atoms with Gasteiger partial charge in [-0.2, -0.15) is 0 Å². The topological polar surface area (TPSA) is 65.1 Å². The Bertz CT molecular complexity index is 827. The summed E-state index contributed by atoms with van der Waals surface area (Å²) in [6, 6.07) is 8.31. The van der Waals surface area contributed by atoms with Crippen molar-refractivity contribution in [1.82, 2.24) is 4.31 Å². The van der Waals surface area contributed by atoms with Gasteiger partial charge >= 0.3 is 0 Å². The number of halogens is 1. The molecule has 0 spiro atoms. The lowest BCUT2D eigenvalue weighted by atomic mass is 10.1. The molecule has 0 bridgehead atoms. The van der Waals surface area contributed by atoms with Crippen LogP contribution in [0.4, 0.5) is 4.39 Å². The predicted molar refractivity (Wildman–Crippen MR) is 96.0 cm³/mol. The molecule has 0 atom stereocenters. The average molecular weight is 383 g/mol. The lowest BCUT2D eigenvalue weighted by Crippen LogP contribution is -2.29. The van der Waals surface area contributed by atoms with Crippen molar-refractivity contribution in [2.75, 3.05) is 34.9 Å². The normalized spacial score (nSPS) is 11.5. The summed E-state index contributed by atoms with van der Waals surface area (Å²) in [5.74, 6) is 1.01. The number of hydrogen-bond donors (Lipinski definition) is 0. The number of ether oxygens (including phenoxy) is 3. The van der Waals surface area contributed by atoms with Crippen LogP contribution in [0.3, 0.4) is 0 Å². The zero-order valence-electron chi connectivity index (χ0n) is 15.2. The molecule has 2 aromatic carbocycles. The third kappa shape index (κ3) is 4.25. The van der Waals surface area contributed by atoms with Crippen LogP contribution in [0.2, 0.25) is 0 Å². The number of benzene rings is 2. The summed E-state index contributed by atoms with van der Waals surface area (Å²) in [5, 5.41) is 0. The third-order valence-corrected chi connectivity index (χ3v) is 5.83. The number of likely N-dealkylation sites (N-methyl/N-ethyl adjacent to an activating group) is 1. The third-order valence-electron chi connectivity index (χ3n) is 3.96. The van der Waals surface area contributed by atoms with Crippen molar-refractivity contribution >= 4 is 10.0 Å². The maximum Gasteiger partial charge on any atom is 0.242 e. The van der Waals surface area contributed by atoms with Gasteiger partial charge in [0.2, 0.25) is 15.8 Å². The Hall–Kier alpha value is -2.32. The molecule has 8 heteroatoms. The maximum atomic E-state index is 13.0. The minimum absolute atomic E-state index is 0.0475. The molecule has 0 N–H and O–H groups in total. The van der Waals surface area contributed by atoms with Gasteiger partial charge in [0.05, 0.1) is 26.2 Å². The van der Waals surface area contributed by atoms with E-state index in [1.54, 1.807) is 12.1 Å². The lowest BCUT2D eigenvalue weighted by Gasteiger charge is -2.18. The maximum absolute atomic E-state index is 13.0. The molecule has 0 amide bonds. The molecule has 2 aromatic rings. The number of sulfonamides is 1. The van der Waals surface area contributed by atoms with Gasteiger partial charge in [-0.3, -0.25) is 0 Å². The predicted octanol–water partition coefficient (Wildman–Crippen LogP) is 2.71. The van der Waals surface area contributed by atoms with Crippen LogP contribution in [0.25, 0.3) is 0 Å². The lowest BCUT2D eigenvalue weighted by molar-refractivity contribution is 0.323. The monoisotopic (exact) mass is 383 g/mol. The fourth-order valence-corrected chi connectivity index (χ4v) is 3.64. The van der Waals surface area contributed by atoms with Gasteiger partial charge in [-0.05, 0) is 48.4 Å². The minimum atomic E-state index is -3.69. The summed E-state index contributed by atoms with van der Waals surface area (Å²) in [4.78, 5) is 0.0475. The van der Waals surface area contributed by atoms with E-state index in [-0.39, 0.29) is 11.4 Å².